The van der Waals surface area contributed by atoms with Crippen LogP contribution >= 0.6 is 0 Å². The summed E-state index contributed by atoms with van der Waals surface area (Å²) in [6.07, 6.45) is 6.26. The van der Waals surface area contributed by atoms with Crippen molar-refractivity contribution in [1.82, 2.24) is 10.3 Å². The maximum atomic E-state index is 4.90. The van der Waals surface area contributed by atoms with Gasteiger partial charge in [0.25, 0.3) is 0 Å². The van der Waals surface area contributed by atoms with Crippen LogP contribution in [0, 0.1) is 5.92 Å². The van der Waals surface area contributed by atoms with Crippen LogP contribution in [0.1, 0.15) is 48.8 Å². The Morgan fingerprint density at radius 1 is 1.04 bits per heavy atom. The van der Waals surface area contributed by atoms with Crippen molar-refractivity contribution in [1.29, 1.82) is 0 Å². The Balaban J connectivity index is 1.37. The molecular formula is C22H28N4. The summed E-state index contributed by atoms with van der Waals surface area (Å²) in [6.45, 7) is 4.60. The molecule has 0 saturated carbocycles. The number of nitrogens with zero attached hydrogens (tertiary/aromatic N) is 1. The Labute approximate surface area is 155 Å². The maximum absolute atomic E-state index is 4.90. The average Bonchev–Trinajstić information content (AvgIpc) is 3.25. The normalized spacial score (nSPS) is 24.8. The fourth-order valence-corrected chi connectivity index (χ4v) is 5.16. The molecular weight excluding hydrogens is 320 g/mol. The fraction of sp³-hybridized carbons (Fsp3) is 0.500. The third-order valence-corrected chi connectivity index (χ3v) is 6.45. The summed E-state index contributed by atoms with van der Waals surface area (Å²) in [5, 5.41) is 10.6. The summed E-state index contributed by atoms with van der Waals surface area (Å²) in [7, 11) is 0. The molecule has 1 aliphatic carbocycles. The summed E-state index contributed by atoms with van der Waals surface area (Å²) in [4.78, 5) is 4.90. The Bertz CT molecular complexity index is 810. The lowest BCUT2D eigenvalue weighted by atomic mass is 9.79. The molecule has 3 N–H and O–H groups in total. The van der Waals surface area contributed by atoms with Gasteiger partial charge in [-0.1, -0.05) is 12.1 Å². The number of anilines is 3. The van der Waals surface area contributed by atoms with Crippen LogP contribution in [-0.2, 0) is 12.8 Å². The van der Waals surface area contributed by atoms with Gasteiger partial charge in [0.1, 0.15) is 11.6 Å². The monoisotopic (exact) mass is 348 g/mol. The fourth-order valence-electron chi connectivity index (χ4n) is 5.16. The largest absolute Gasteiger partial charge is 0.367 e. The highest BCUT2D eigenvalue weighted by molar-refractivity contribution is 5.64. The van der Waals surface area contributed by atoms with E-state index in [0.717, 1.165) is 36.3 Å². The summed E-state index contributed by atoms with van der Waals surface area (Å²) < 4.78 is 0. The van der Waals surface area contributed by atoms with Crippen LogP contribution < -0.4 is 16.0 Å². The Hall–Kier alpha value is -2.07. The van der Waals surface area contributed by atoms with Gasteiger partial charge in [0, 0.05) is 23.2 Å². The quantitative estimate of drug-likeness (QED) is 0.778. The number of aryl methyl sites for hydroxylation is 2. The highest BCUT2D eigenvalue weighted by Gasteiger charge is 2.36. The minimum absolute atomic E-state index is 0.468. The van der Waals surface area contributed by atoms with E-state index >= 15 is 0 Å². The first kappa shape index (κ1) is 16.1. The van der Waals surface area contributed by atoms with Crippen LogP contribution in [0.4, 0.5) is 17.3 Å². The molecule has 0 spiro atoms. The molecule has 3 heterocycles. The lowest BCUT2D eigenvalue weighted by Gasteiger charge is -2.30. The van der Waals surface area contributed by atoms with Crippen LogP contribution in [-0.4, -0.2) is 24.1 Å². The number of hydrogen-bond donors (Lipinski definition) is 3. The first-order valence-corrected chi connectivity index (χ1v) is 10.1. The minimum atomic E-state index is 0.468. The molecule has 3 aliphatic rings. The smallest absolute Gasteiger partial charge is 0.132 e. The van der Waals surface area contributed by atoms with E-state index in [0.29, 0.717) is 12.0 Å². The zero-order valence-electron chi connectivity index (χ0n) is 15.5. The molecule has 1 aromatic carbocycles. The van der Waals surface area contributed by atoms with Gasteiger partial charge in [-0.05, 0) is 87.4 Å². The molecule has 26 heavy (non-hydrogen) atoms. The second-order valence-corrected chi connectivity index (χ2v) is 8.14. The second-order valence-electron chi connectivity index (χ2n) is 8.14. The van der Waals surface area contributed by atoms with Crippen molar-refractivity contribution >= 4 is 17.3 Å². The van der Waals surface area contributed by atoms with E-state index in [1.54, 1.807) is 0 Å². The van der Waals surface area contributed by atoms with Crippen molar-refractivity contribution in [3.63, 3.8) is 0 Å². The van der Waals surface area contributed by atoms with Gasteiger partial charge < -0.3 is 16.0 Å². The number of rotatable bonds is 3. The van der Waals surface area contributed by atoms with Crippen molar-refractivity contribution in [2.45, 2.75) is 51.0 Å². The van der Waals surface area contributed by atoms with E-state index in [1.165, 1.54) is 48.8 Å². The zero-order chi connectivity index (χ0) is 17.5. The van der Waals surface area contributed by atoms with Gasteiger partial charge in [0.2, 0.25) is 0 Å². The predicted molar refractivity (Wildman–Crippen MR) is 107 cm³/mol. The summed E-state index contributed by atoms with van der Waals surface area (Å²) >= 11 is 0. The van der Waals surface area contributed by atoms with Gasteiger partial charge in [-0.25, -0.2) is 4.98 Å². The molecule has 1 saturated heterocycles. The molecule has 5 rings (SSSR count). The topological polar surface area (TPSA) is 49.0 Å². The lowest BCUT2D eigenvalue weighted by molar-refractivity contribution is 0.309. The van der Waals surface area contributed by atoms with Crippen molar-refractivity contribution in [3.8, 4) is 0 Å². The van der Waals surface area contributed by atoms with Gasteiger partial charge in [0.15, 0.2) is 0 Å². The van der Waals surface area contributed by atoms with Crippen LogP contribution in [0.2, 0.25) is 0 Å². The summed E-state index contributed by atoms with van der Waals surface area (Å²) in [6, 6.07) is 11.7. The highest BCUT2D eigenvalue weighted by Crippen LogP contribution is 2.43. The van der Waals surface area contributed by atoms with E-state index in [9.17, 15) is 0 Å². The third-order valence-electron chi connectivity index (χ3n) is 6.45. The number of aromatic nitrogens is 1. The lowest BCUT2D eigenvalue weighted by Crippen LogP contribution is -2.33. The van der Waals surface area contributed by atoms with Crippen molar-refractivity contribution in [2.24, 2.45) is 5.92 Å². The number of hydrogen-bond acceptors (Lipinski definition) is 4. The molecule has 2 unspecified atom stereocenters. The highest BCUT2D eigenvalue weighted by atomic mass is 15.1. The van der Waals surface area contributed by atoms with E-state index in [4.69, 9.17) is 4.98 Å². The van der Waals surface area contributed by atoms with E-state index < -0.39 is 0 Å². The van der Waals surface area contributed by atoms with Crippen molar-refractivity contribution in [3.05, 3.63) is 47.0 Å². The Morgan fingerprint density at radius 3 is 2.77 bits per heavy atom. The first-order valence-electron chi connectivity index (χ1n) is 10.1. The molecule has 2 aromatic rings. The average molecular weight is 348 g/mol. The number of benzene rings is 1. The minimum Gasteiger partial charge on any atom is -0.367 e. The Kier molecular flexibility index (Phi) is 4.08. The van der Waals surface area contributed by atoms with Gasteiger partial charge >= 0.3 is 0 Å². The summed E-state index contributed by atoms with van der Waals surface area (Å²) in [5.41, 5.74) is 5.56. The number of fused-ring (bicyclic) bond motifs is 2. The van der Waals surface area contributed by atoms with E-state index in [2.05, 4.69) is 53.2 Å². The number of pyridine rings is 1. The second kappa shape index (κ2) is 6.58. The van der Waals surface area contributed by atoms with E-state index in [-0.39, 0.29) is 0 Å². The molecule has 0 bridgehead atoms. The van der Waals surface area contributed by atoms with Crippen molar-refractivity contribution in [2.75, 3.05) is 23.7 Å². The molecule has 2 atom stereocenters. The maximum Gasteiger partial charge on any atom is 0.132 e. The Morgan fingerprint density at radius 2 is 1.88 bits per heavy atom. The summed E-state index contributed by atoms with van der Waals surface area (Å²) in [5.74, 6) is 3.37. The molecule has 136 valence electrons. The van der Waals surface area contributed by atoms with Gasteiger partial charge in [-0.2, -0.15) is 0 Å². The van der Waals surface area contributed by atoms with Crippen molar-refractivity contribution < 1.29 is 0 Å². The SMILES string of the molecule is CC1Nc2nc(Nc3ccc4c(c3)CCC4)ccc2C1C1CCNCC1. The molecule has 1 aromatic heterocycles. The number of nitrogens with one attached hydrogen (secondary N) is 3. The molecule has 2 aliphatic heterocycles. The zero-order valence-corrected chi connectivity index (χ0v) is 15.5. The molecule has 0 radical (unpaired) electrons. The van der Waals surface area contributed by atoms with Crippen LogP contribution in [0.25, 0.3) is 0 Å². The molecule has 4 nitrogen and oxygen atoms in total. The van der Waals surface area contributed by atoms with Crippen LogP contribution in [0.3, 0.4) is 0 Å². The number of piperidine rings is 1. The standard InChI is InChI=1S/C22H28N4/c1-14-21(16-9-11-23-12-10-16)19-7-8-20(26-22(19)24-14)25-18-6-5-15-3-2-4-17(15)13-18/h5-8,13-14,16,21,23H,2-4,9-12H2,1H3,(H2,24,25,26). The molecule has 0 amide bonds. The predicted octanol–water partition coefficient (Wildman–Crippen LogP) is 4.21. The molecule has 1 fully saturated rings. The van der Waals surface area contributed by atoms with Gasteiger partial charge in [-0.3, -0.25) is 0 Å². The van der Waals surface area contributed by atoms with Gasteiger partial charge in [-0.15, -0.1) is 0 Å². The molecule has 4 heteroatoms. The van der Waals surface area contributed by atoms with Crippen LogP contribution in [0.5, 0.6) is 0 Å². The van der Waals surface area contributed by atoms with Crippen LogP contribution in [0.15, 0.2) is 30.3 Å². The van der Waals surface area contributed by atoms with Gasteiger partial charge in [0.05, 0.1) is 0 Å². The first-order chi connectivity index (χ1) is 12.8. The third kappa shape index (κ3) is 2.86. The van der Waals surface area contributed by atoms with E-state index in [1.807, 2.05) is 0 Å².